The highest BCUT2D eigenvalue weighted by Gasteiger charge is 2.70. The first-order valence-electron chi connectivity index (χ1n) is 30.7. The Morgan fingerprint density at radius 2 is 1.06 bits per heavy atom. The van der Waals surface area contributed by atoms with Crippen molar-refractivity contribution in [2.75, 3.05) is 33.0 Å². The van der Waals surface area contributed by atoms with E-state index in [1.54, 1.807) is 0 Å². The standard InChI is InChI=1S/C59H100O26/c1-25(2)10-9-16-59(75,24-78-51-45(72)43(70)39(66)32(82-51)23-77-50-44(71)41(68)37(64)30(20-60)80-50)28-13-18-57(7)27(28)11-12-34-56(6)17-15-35(55(4,5)33(56)14-19-58(34,57)8)83-54-49(85-52-46(73)40(67)36(63)26(3)79-52)48(29(62)22-76-54)84-53-47(74)42(69)38(65)31(21-61)81-53/h10,26-54,60-75H,9,11-24H2,1-8H3. The Balaban J connectivity index is 0.909. The summed E-state index contributed by atoms with van der Waals surface area (Å²) < 4.78 is 60.8. The van der Waals surface area contributed by atoms with E-state index in [-0.39, 0.29) is 53.1 Å². The van der Waals surface area contributed by atoms with Gasteiger partial charge in [0.25, 0.3) is 0 Å². The number of rotatable bonds is 18. The van der Waals surface area contributed by atoms with E-state index in [9.17, 15) is 81.7 Å². The van der Waals surface area contributed by atoms with Crippen LogP contribution < -0.4 is 0 Å². The lowest BCUT2D eigenvalue weighted by Crippen LogP contribution is -2.66. The van der Waals surface area contributed by atoms with Gasteiger partial charge >= 0.3 is 0 Å². The molecule has 0 aromatic carbocycles. The first kappa shape index (κ1) is 68.1. The maximum atomic E-state index is 13.2. The largest absolute Gasteiger partial charge is 0.394 e. The lowest BCUT2D eigenvalue weighted by molar-refractivity contribution is -0.388. The van der Waals surface area contributed by atoms with Crippen molar-refractivity contribution in [2.24, 2.45) is 45.3 Å². The van der Waals surface area contributed by atoms with Gasteiger partial charge in [-0.3, -0.25) is 0 Å². The average Bonchev–Trinajstić information content (AvgIpc) is 1.69. The van der Waals surface area contributed by atoms with Gasteiger partial charge in [0, 0.05) is 0 Å². The minimum absolute atomic E-state index is 0.0547. The number of aliphatic hydroxyl groups is 16. The Morgan fingerprint density at radius 1 is 0.529 bits per heavy atom. The molecule has 26 nitrogen and oxygen atoms in total. The van der Waals surface area contributed by atoms with E-state index in [0.717, 1.165) is 44.1 Å². The third-order valence-electron chi connectivity index (χ3n) is 22.5. The molecule has 33 unspecified atom stereocenters. The van der Waals surface area contributed by atoms with Crippen molar-refractivity contribution in [1.82, 2.24) is 0 Å². The number of fused-ring (bicyclic) bond motifs is 5. The molecule has 5 heterocycles. The van der Waals surface area contributed by atoms with Gasteiger partial charge in [-0.25, -0.2) is 0 Å². The van der Waals surface area contributed by atoms with Crippen molar-refractivity contribution in [3.8, 4) is 0 Å². The lowest BCUT2D eigenvalue weighted by Gasteiger charge is -2.70. The number of allylic oxidation sites excluding steroid dienone is 2. The molecule has 33 atom stereocenters. The minimum Gasteiger partial charge on any atom is -0.394 e. The molecule has 9 aliphatic rings. The number of hydrogen-bond donors (Lipinski definition) is 16. The van der Waals surface area contributed by atoms with Gasteiger partial charge in [0.15, 0.2) is 31.5 Å². The summed E-state index contributed by atoms with van der Waals surface area (Å²) in [6.45, 7) is 14.4. The highest BCUT2D eigenvalue weighted by molar-refractivity contribution is 5.19. The summed E-state index contributed by atoms with van der Waals surface area (Å²) in [5.74, 6) is 0.167. The van der Waals surface area contributed by atoms with Crippen LogP contribution in [0.4, 0.5) is 0 Å². The second-order valence-corrected chi connectivity index (χ2v) is 27.9. The topological polar surface area (TPSA) is 416 Å². The van der Waals surface area contributed by atoms with Gasteiger partial charge in [-0.15, -0.1) is 0 Å². The molecule has 9 fully saturated rings. The fourth-order valence-electron chi connectivity index (χ4n) is 17.4. The molecule has 26 heteroatoms. The maximum absolute atomic E-state index is 13.2. The van der Waals surface area contributed by atoms with Crippen molar-refractivity contribution in [1.29, 1.82) is 0 Å². The molecule has 4 saturated carbocycles. The van der Waals surface area contributed by atoms with E-state index in [4.69, 9.17) is 47.4 Å². The first-order chi connectivity index (χ1) is 39.9. The SMILES string of the molecule is CC(C)=CCCC(O)(COC1OC(COC2OC(CO)C(O)C(O)C2O)C(O)C(O)C1O)C1CCC2(C)C1CCC1C3(C)CCC(OC4OCC(O)C(OC5OC(CO)C(O)C(O)C5O)C4OC4OC(C)C(O)C(O)C4O)C(C)(C)C3CCC12C. The van der Waals surface area contributed by atoms with E-state index in [1.165, 1.54) is 6.92 Å². The quantitative estimate of drug-likeness (QED) is 0.0490. The van der Waals surface area contributed by atoms with Crippen LogP contribution in [0, 0.1) is 45.3 Å². The van der Waals surface area contributed by atoms with Crippen LogP contribution in [0.25, 0.3) is 0 Å². The summed E-state index contributed by atoms with van der Waals surface area (Å²) in [6, 6.07) is 0. The first-order valence-corrected chi connectivity index (χ1v) is 30.7. The van der Waals surface area contributed by atoms with Crippen LogP contribution in [0.5, 0.6) is 0 Å². The van der Waals surface area contributed by atoms with Gasteiger partial charge in [0.1, 0.15) is 110 Å². The minimum atomic E-state index is -1.85. The zero-order valence-electron chi connectivity index (χ0n) is 50.2. The fourth-order valence-corrected chi connectivity index (χ4v) is 17.4. The second-order valence-electron chi connectivity index (χ2n) is 27.9. The fraction of sp³-hybridized carbons (Fsp3) is 0.966. The molecule has 0 bridgehead atoms. The van der Waals surface area contributed by atoms with E-state index >= 15 is 0 Å². The lowest BCUT2D eigenvalue weighted by atomic mass is 9.35. The Kier molecular flexibility index (Phi) is 21.1. The number of ether oxygens (including phenoxy) is 10. The third kappa shape index (κ3) is 12.5. The summed E-state index contributed by atoms with van der Waals surface area (Å²) in [4.78, 5) is 0. The normalized spacial score (nSPS) is 52.5. The molecule has 5 saturated heterocycles. The summed E-state index contributed by atoms with van der Waals surface area (Å²) in [6.07, 6.45) is -29.1. The second kappa shape index (κ2) is 26.4. The van der Waals surface area contributed by atoms with Crippen LogP contribution in [0.15, 0.2) is 11.6 Å². The van der Waals surface area contributed by atoms with Crippen molar-refractivity contribution in [3.63, 3.8) is 0 Å². The van der Waals surface area contributed by atoms with E-state index in [2.05, 4.69) is 40.7 Å². The Bertz CT molecular complexity index is 2230. The van der Waals surface area contributed by atoms with Crippen molar-refractivity contribution in [2.45, 2.75) is 279 Å². The summed E-state index contributed by atoms with van der Waals surface area (Å²) >= 11 is 0. The molecule has 16 N–H and O–H groups in total. The number of aliphatic hydroxyl groups excluding tert-OH is 15. The smallest absolute Gasteiger partial charge is 0.187 e. The summed E-state index contributed by atoms with van der Waals surface area (Å²) in [7, 11) is 0. The van der Waals surface area contributed by atoms with Gasteiger partial charge in [-0.05, 0) is 130 Å². The Morgan fingerprint density at radius 3 is 1.67 bits per heavy atom. The predicted octanol–water partition coefficient (Wildman–Crippen LogP) is -2.71. The highest BCUT2D eigenvalue weighted by Crippen LogP contribution is 2.76. The maximum Gasteiger partial charge on any atom is 0.187 e. The van der Waals surface area contributed by atoms with Crippen LogP contribution in [0.3, 0.4) is 0 Å². The molecule has 5 aliphatic heterocycles. The Hall–Kier alpha value is -1.30. The van der Waals surface area contributed by atoms with Gasteiger partial charge in [0.2, 0.25) is 0 Å². The predicted molar refractivity (Wildman–Crippen MR) is 291 cm³/mol. The zero-order valence-corrected chi connectivity index (χ0v) is 50.2. The van der Waals surface area contributed by atoms with Crippen LogP contribution >= 0.6 is 0 Å². The van der Waals surface area contributed by atoms with E-state index in [1.807, 2.05) is 13.8 Å². The molecule has 492 valence electrons. The molecular weight excluding hydrogens is 1120 g/mol. The van der Waals surface area contributed by atoms with Crippen molar-refractivity contribution >= 4 is 0 Å². The molecule has 0 radical (unpaired) electrons. The van der Waals surface area contributed by atoms with Crippen molar-refractivity contribution < 1.29 is 129 Å². The molecular formula is C59H100O26. The molecule has 4 aliphatic carbocycles. The van der Waals surface area contributed by atoms with E-state index in [0.29, 0.717) is 25.7 Å². The molecule has 0 aromatic heterocycles. The van der Waals surface area contributed by atoms with Crippen LogP contribution in [-0.4, -0.2) is 274 Å². The third-order valence-corrected chi connectivity index (χ3v) is 22.5. The summed E-state index contributed by atoms with van der Waals surface area (Å²) in [5, 5.41) is 173. The van der Waals surface area contributed by atoms with Crippen LogP contribution in [0.2, 0.25) is 0 Å². The zero-order chi connectivity index (χ0) is 62.2. The van der Waals surface area contributed by atoms with Crippen LogP contribution in [0.1, 0.15) is 120 Å². The van der Waals surface area contributed by atoms with Gasteiger partial charge in [-0.1, -0.05) is 46.3 Å². The monoisotopic (exact) mass is 1220 g/mol. The van der Waals surface area contributed by atoms with Crippen LogP contribution in [-0.2, 0) is 47.4 Å². The number of hydrogen-bond acceptors (Lipinski definition) is 26. The average molecular weight is 1230 g/mol. The molecule has 0 spiro atoms. The Labute approximate surface area is 496 Å². The molecule has 85 heavy (non-hydrogen) atoms. The molecule has 0 aromatic rings. The van der Waals surface area contributed by atoms with Gasteiger partial charge < -0.3 is 129 Å². The van der Waals surface area contributed by atoms with Gasteiger partial charge in [0.05, 0.1) is 50.8 Å². The van der Waals surface area contributed by atoms with Crippen molar-refractivity contribution in [3.05, 3.63) is 11.6 Å². The highest BCUT2D eigenvalue weighted by atomic mass is 16.8. The summed E-state index contributed by atoms with van der Waals surface area (Å²) in [5.41, 5.74) is -1.53. The molecule has 9 rings (SSSR count). The van der Waals surface area contributed by atoms with Gasteiger partial charge in [-0.2, -0.15) is 0 Å². The molecule has 0 amide bonds. The van der Waals surface area contributed by atoms with E-state index < -0.39 is 184 Å².